The molecule has 0 saturated carbocycles. The van der Waals surface area contributed by atoms with Gasteiger partial charge in [0.2, 0.25) is 0 Å². The number of hydrogen-bond donors (Lipinski definition) is 0. The van der Waals surface area contributed by atoms with Crippen LogP contribution in [0.3, 0.4) is 0 Å². The third kappa shape index (κ3) is 3.52. The van der Waals surface area contributed by atoms with Crippen LogP contribution < -0.4 is 0 Å². The van der Waals surface area contributed by atoms with Gasteiger partial charge in [0, 0.05) is 6.42 Å². The molecule has 1 radical (unpaired) electrons. The van der Waals surface area contributed by atoms with Crippen molar-refractivity contribution in [1.29, 1.82) is 0 Å². The van der Waals surface area contributed by atoms with Crippen molar-refractivity contribution in [3.8, 4) is 0 Å². The highest BCUT2D eigenvalue weighted by Gasteiger charge is 2.05. The minimum absolute atomic E-state index is 0.0165. The lowest BCUT2D eigenvalue weighted by molar-refractivity contribution is -0.115. The Morgan fingerprint density at radius 1 is 1.00 bits per heavy atom. The number of benzene rings is 2. The molecule has 0 atom stereocenters. The van der Waals surface area contributed by atoms with Crippen LogP contribution in [0, 0.1) is 12.2 Å². The Morgan fingerprint density at radius 2 is 1.65 bits per heavy atom. The normalized spacial score (nSPS) is 10.2. The summed E-state index contributed by atoms with van der Waals surface area (Å²) in [5, 5.41) is 0. The summed E-state index contributed by atoms with van der Waals surface area (Å²) < 4.78 is 12.7. The molecule has 2 aromatic rings. The first-order valence-corrected chi connectivity index (χ1v) is 5.41. The maximum absolute atomic E-state index is 12.7. The first-order valence-electron chi connectivity index (χ1n) is 5.41. The fourth-order valence-corrected chi connectivity index (χ4v) is 1.59. The molecule has 0 amide bonds. The lowest BCUT2D eigenvalue weighted by Crippen LogP contribution is -2.04. The van der Waals surface area contributed by atoms with E-state index in [1.807, 2.05) is 30.3 Å². The summed E-state index contributed by atoms with van der Waals surface area (Å²) >= 11 is 0. The van der Waals surface area contributed by atoms with E-state index < -0.39 is 0 Å². The van der Waals surface area contributed by atoms with Gasteiger partial charge < -0.3 is 0 Å². The number of ketones is 1. The fraction of sp³-hybridized carbons (Fsp3) is 0.0667. The van der Waals surface area contributed by atoms with Crippen LogP contribution in [0.2, 0.25) is 0 Å². The van der Waals surface area contributed by atoms with Gasteiger partial charge in [-0.3, -0.25) is 4.79 Å². The molecule has 1 nitrogen and oxygen atoms in total. The molecule has 0 aromatic heterocycles. The van der Waals surface area contributed by atoms with E-state index in [9.17, 15) is 9.18 Å². The van der Waals surface area contributed by atoms with E-state index in [0.29, 0.717) is 6.42 Å². The molecule has 0 aliphatic rings. The van der Waals surface area contributed by atoms with Gasteiger partial charge in [-0.2, -0.15) is 0 Å². The molecule has 17 heavy (non-hydrogen) atoms. The Labute approximate surface area is 99.9 Å². The maximum atomic E-state index is 12.7. The van der Waals surface area contributed by atoms with Crippen LogP contribution in [-0.4, -0.2) is 5.78 Å². The molecular weight excluding hydrogens is 215 g/mol. The lowest BCUT2D eigenvalue weighted by Gasteiger charge is -2.01. The summed E-state index contributed by atoms with van der Waals surface area (Å²) in [6.07, 6.45) is 1.91. The zero-order valence-corrected chi connectivity index (χ0v) is 9.27. The van der Waals surface area contributed by atoms with Gasteiger partial charge in [0.1, 0.15) is 11.6 Å². The summed E-state index contributed by atoms with van der Waals surface area (Å²) in [6.45, 7) is 0. The third-order valence-corrected chi connectivity index (χ3v) is 2.42. The predicted molar refractivity (Wildman–Crippen MR) is 65.0 cm³/mol. The second kappa shape index (κ2) is 5.39. The Bertz CT molecular complexity index is 488. The summed E-state index contributed by atoms with van der Waals surface area (Å²) in [5.41, 5.74) is 1.71. The minimum atomic E-state index is -0.294. The highest BCUT2D eigenvalue weighted by atomic mass is 19.1. The number of Topliss-reactive ketones (excluding diaryl/α,β-unsaturated/α-hetero) is 1. The Hall–Kier alpha value is -1.96. The van der Waals surface area contributed by atoms with Gasteiger partial charge in [0.15, 0.2) is 0 Å². The largest absolute Gasteiger partial charge is 0.299 e. The van der Waals surface area contributed by atoms with E-state index in [0.717, 1.165) is 11.1 Å². The van der Waals surface area contributed by atoms with Crippen LogP contribution in [0.25, 0.3) is 0 Å². The number of rotatable bonds is 4. The van der Waals surface area contributed by atoms with E-state index in [4.69, 9.17) is 0 Å². The van der Waals surface area contributed by atoms with E-state index in [1.54, 1.807) is 12.1 Å². The highest BCUT2D eigenvalue weighted by Crippen LogP contribution is 2.08. The smallest absolute Gasteiger partial charge is 0.145 e. The van der Waals surface area contributed by atoms with Crippen LogP contribution in [-0.2, 0) is 11.2 Å². The fourth-order valence-electron chi connectivity index (χ4n) is 1.59. The first-order chi connectivity index (χ1) is 8.24. The van der Waals surface area contributed by atoms with Gasteiger partial charge >= 0.3 is 0 Å². The molecular formula is C15H12FO. The monoisotopic (exact) mass is 227 g/mol. The van der Waals surface area contributed by atoms with Gasteiger partial charge in [0.05, 0.1) is 6.42 Å². The molecule has 0 bridgehead atoms. The van der Waals surface area contributed by atoms with Crippen molar-refractivity contribution in [2.75, 3.05) is 0 Å². The van der Waals surface area contributed by atoms with Crippen LogP contribution in [0.5, 0.6) is 0 Å². The molecule has 0 aliphatic carbocycles. The SMILES string of the molecule is O=C([CH]c1ccc(F)cc1)Cc1ccccc1. The molecule has 0 saturated heterocycles. The summed E-state index contributed by atoms with van der Waals surface area (Å²) in [4.78, 5) is 11.7. The van der Waals surface area contributed by atoms with Crippen molar-refractivity contribution in [3.63, 3.8) is 0 Å². The quantitative estimate of drug-likeness (QED) is 0.784. The second-order valence-electron chi connectivity index (χ2n) is 3.82. The van der Waals surface area contributed by atoms with E-state index in [2.05, 4.69) is 0 Å². The Balaban J connectivity index is 1.96. The van der Waals surface area contributed by atoms with Gasteiger partial charge in [-0.15, -0.1) is 0 Å². The Kier molecular flexibility index (Phi) is 3.66. The van der Waals surface area contributed by atoms with Crippen LogP contribution in [0.4, 0.5) is 4.39 Å². The van der Waals surface area contributed by atoms with Gasteiger partial charge in [-0.25, -0.2) is 4.39 Å². The van der Waals surface area contributed by atoms with Crippen LogP contribution >= 0.6 is 0 Å². The minimum Gasteiger partial charge on any atom is -0.299 e. The molecule has 2 heteroatoms. The first kappa shape index (κ1) is 11.5. The van der Waals surface area contributed by atoms with Crippen molar-refractivity contribution < 1.29 is 9.18 Å². The standard InChI is InChI=1S/C15H12FO/c16-14-8-6-13(7-9-14)11-15(17)10-12-4-2-1-3-5-12/h1-9,11H,10H2. The second-order valence-corrected chi connectivity index (χ2v) is 3.82. The third-order valence-electron chi connectivity index (χ3n) is 2.42. The molecule has 0 spiro atoms. The molecule has 0 fully saturated rings. The summed E-state index contributed by atoms with van der Waals surface area (Å²) in [6, 6.07) is 15.4. The zero-order valence-electron chi connectivity index (χ0n) is 9.27. The molecule has 0 aliphatic heterocycles. The number of halogens is 1. The van der Waals surface area contributed by atoms with Crippen LogP contribution in [0.15, 0.2) is 54.6 Å². The average Bonchev–Trinajstić information content (AvgIpc) is 2.33. The molecule has 85 valence electrons. The highest BCUT2D eigenvalue weighted by molar-refractivity contribution is 5.92. The predicted octanol–water partition coefficient (Wildman–Crippen LogP) is 3.19. The van der Waals surface area contributed by atoms with Crippen molar-refractivity contribution in [2.45, 2.75) is 6.42 Å². The zero-order chi connectivity index (χ0) is 12.1. The molecule has 2 aromatic carbocycles. The van der Waals surface area contributed by atoms with Gasteiger partial charge in [-0.1, -0.05) is 42.5 Å². The van der Waals surface area contributed by atoms with E-state index >= 15 is 0 Å². The summed E-state index contributed by atoms with van der Waals surface area (Å²) in [7, 11) is 0. The number of carbonyl (C=O) groups excluding carboxylic acids is 1. The maximum Gasteiger partial charge on any atom is 0.145 e. The molecule has 0 N–H and O–H groups in total. The van der Waals surface area contributed by atoms with Crippen molar-refractivity contribution in [1.82, 2.24) is 0 Å². The van der Waals surface area contributed by atoms with E-state index in [1.165, 1.54) is 18.6 Å². The average molecular weight is 227 g/mol. The molecule has 0 unspecified atom stereocenters. The number of carbonyl (C=O) groups is 1. The summed E-state index contributed by atoms with van der Waals surface area (Å²) in [5.74, 6) is -0.277. The topological polar surface area (TPSA) is 17.1 Å². The molecule has 2 rings (SSSR count). The van der Waals surface area contributed by atoms with Gasteiger partial charge in [-0.05, 0) is 23.3 Å². The lowest BCUT2D eigenvalue weighted by atomic mass is 10.0. The van der Waals surface area contributed by atoms with Crippen LogP contribution in [0.1, 0.15) is 11.1 Å². The van der Waals surface area contributed by atoms with Crippen molar-refractivity contribution in [2.24, 2.45) is 0 Å². The number of hydrogen-bond acceptors (Lipinski definition) is 1. The molecule has 0 heterocycles. The Morgan fingerprint density at radius 3 is 2.29 bits per heavy atom. The van der Waals surface area contributed by atoms with Crippen molar-refractivity contribution >= 4 is 5.78 Å². The van der Waals surface area contributed by atoms with Gasteiger partial charge in [0.25, 0.3) is 0 Å². The van der Waals surface area contributed by atoms with E-state index in [-0.39, 0.29) is 11.6 Å². The van der Waals surface area contributed by atoms with Crippen molar-refractivity contribution in [3.05, 3.63) is 78.0 Å².